The standard InChI is InChI=1S/C13H20N2O3S/c1-10-4-5-11(14)8-12(10)19(17,18)15-13(9-16)6-2-3-7-13/h4-5,8,15-16H,2-3,6-7,9,14H2,1H3. The summed E-state index contributed by atoms with van der Waals surface area (Å²) < 4.78 is 27.6. The van der Waals surface area contributed by atoms with Gasteiger partial charge in [-0.3, -0.25) is 0 Å². The molecule has 1 saturated carbocycles. The minimum absolute atomic E-state index is 0.173. The summed E-state index contributed by atoms with van der Waals surface area (Å²) >= 11 is 0. The van der Waals surface area contributed by atoms with Gasteiger partial charge in [0, 0.05) is 5.69 Å². The van der Waals surface area contributed by atoms with Gasteiger partial charge in [0.1, 0.15) is 0 Å². The van der Waals surface area contributed by atoms with Crippen molar-refractivity contribution in [3.05, 3.63) is 23.8 Å². The van der Waals surface area contributed by atoms with E-state index in [1.807, 2.05) is 0 Å². The molecule has 6 heteroatoms. The average molecular weight is 284 g/mol. The highest BCUT2D eigenvalue weighted by Crippen LogP contribution is 2.31. The molecular weight excluding hydrogens is 264 g/mol. The fourth-order valence-corrected chi connectivity index (χ4v) is 4.32. The average Bonchev–Trinajstić information content (AvgIpc) is 2.80. The molecule has 1 fully saturated rings. The second kappa shape index (κ2) is 5.11. The van der Waals surface area contributed by atoms with Crippen molar-refractivity contribution < 1.29 is 13.5 Å². The number of aryl methyl sites for hydroxylation is 1. The molecule has 0 amide bonds. The van der Waals surface area contributed by atoms with Crippen LogP contribution in [0.2, 0.25) is 0 Å². The van der Waals surface area contributed by atoms with Crippen molar-refractivity contribution in [1.29, 1.82) is 0 Å². The Morgan fingerprint density at radius 2 is 2.00 bits per heavy atom. The topological polar surface area (TPSA) is 92.4 Å². The van der Waals surface area contributed by atoms with Gasteiger partial charge in [0.15, 0.2) is 0 Å². The summed E-state index contributed by atoms with van der Waals surface area (Å²) in [5, 5.41) is 9.50. The third-order valence-electron chi connectivity index (χ3n) is 3.72. The fraction of sp³-hybridized carbons (Fsp3) is 0.538. The molecule has 0 radical (unpaired) electrons. The van der Waals surface area contributed by atoms with Gasteiger partial charge in [0.25, 0.3) is 0 Å². The van der Waals surface area contributed by atoms with E-state index in [2.05, 4.69) is 4.72 Å². The molecule has 0 unspecified atom stereocenters. The van der Waals surface area contributed by atoms with Crippen LogP contribution in [0.4, 0.5) is 5.69 Å². The zero-order valence-corrected chi connectivity index (χ0v) is 11.8. The minimum Gasteiger partial charge on any atom is -0.399 e. The molecule has 5 nitrogen and oxygen atoms in total. The van der Waals surface area contributed by atoms with Crippen LogP contribution in [0.15, 0.2) is 23.1 Å². The zero-order chi connectivity index (χ0) is 14.1. The molecule has 0 spiro atoms. The van der Waals surface area contributed by atoms with Crippen molar-refractivity contribution in [1.82, 2.24) is 4.72 Å². The molecule has 0 aromatic heterocycles. The summed E-state index contributed by atoms with van der Waals surface area (Å²) in [6.45, 7) is 1.56. The van der Waals surface area contributed by atoms with Gasteiger partial charge in [-0.15, -0.1) is 0 Å². The number of aliphatic hydroxyl groups excluding tert-OH is 1. The molecule has 2 rings (SSSR count). The van der Waals surface area contributed by atoms with E-state index in [1.54, 1.807) is 19.1 Å². The number of rotatable bonds is 4. The molecule has 0 aliphatic heterocycles. The number of nitrogen functional groups attached to an aromatic ring is 1. The maximum absolute atomic E-state index is 12.4. The summed E-state index contributed by atoms with van der Waals surface area (Å²) in [4.78, 5) is 0.187. The van der Waals surface area contributed by atoms with Gasteiger partial charge in [-0.1, -0.05) is 18.9 Å². The number of sulfonamides is 1. The van der Waals surface area contributed by atoms with Crippen LogP contribution in [0.5, 0.6) is 0 Å². The van der Waals surface area contributed by atoms with Gasteiger partial charge in [0.05, 0.1) is 17.0 Å². The number of hydrogen-bond donors (Lipinski definition) is 3. The number of nitrogens with two attached hydrogens (primary N) is 1. The van der Waals surface area contributed by atoms with Crippen LogP contribution < -0.4 is 10.5 Å². The van der Waals surface area contributed by atoms with Crippen LogP contribution in [-0.2, 0) is 10.0 Å². The highest BCUT2D eigenvalue weighted by molar-refractivity contribution is 7.89. The maximum atomic E-state index is 12.4. The number of nitrogens with one attached hydrogen (secondary N) is 1. The molecule has 0 heterocycles. The first-order chi connectivity index (χ1) is 8.88. The van der Waals surface area contributed by atoms with Crippen LogP contribution in [0.25, 0.3) is 0 Å². The van der Waals surface area contributed by atoms with Crippen molar-refractivity contribution in [2.75, 3.05) is 12.3 Å². The quantitative estimate of drug-likeness (QED) is 0.723. The highest BCUT2D eigenvalue weighted by atomic mass is 32.2. The van der Waals surface area contributed by atoms with E-state index < -0.39 is 15.6 Å². The van der Waals surface area contributed by atoms with Crippen molar-refractivity contribution >= 4 is 15.7 Å². The molecule has 4 N–H and O–H groups in total. The monoisotopic (exact) mass is 284 g/mol. The number of benzene rings is 1. The minimum atomic E-state index is -3.66. The van der Waals surface area contributed by atoms with Crippen molar-refractivity contribution in [3.8, 4) is 0 Å². The molecule has 1 aliphatic rings. The normalized spacial score (nSPS) is 18.6. The Bertz CT molecular complexity index is 563. The Morgan fingerprint density at radius 3 is 2.58 bits per heavy atom. The summed E-state index contributed by atoms with van der Waals surface area (Å²) in [5.74, 6) is 0. The SMILES string of the molecule is Cc1ccc(N)cc1S(=O)(=O)NC1(CO)CCCC1. The predicted octanol–water partition coefficient (Wildman–Crippen LogP) is 1.16. The van der Waals surface area contributed by atoms with E-state index in [9.17, 15) is 13.5 Å². The summed E-state index contributed by atoms with van der Waals surface area (Å²) in [5.41, 5.74) is 6.00. The van der Waals surface area contributed by atoms with Crippen molar-refractivity contribution in [2.24, 2.45) is 0 Å². The van der Waals surface area contributed by atoms with Gasteiger partial charge in [-0.25, -0.2) is 13.1 Å². The maximum Gasteiger partial charge on any atom is 0.241 e. The van der Waals surface area contributed by atoms with E-state index in [0.717, 1.165) is 12.8 Å². The van der Waals surface area contributed by atoms with Crippen LogP contribution in [0.1, 0.15) is 31.2 Å². The Morgan fingerprint density at radius 1 is 1.37 bits per heavy atom. The van der Waals surface area contributed by atoms with Crippen molar-refractivity contribution in [2.45, 2.75) is 43.0 Å². The molecule has 1 aromatic carbocycles. The summed E-state index contributed by atoms with van der Waals surface area (Å²) in [6, 6.07) is 4.81. The second-order valence-corrected chi connectivity index (χ2v) is 6.93. The summed E-state index contributed by atoms with van der Waals surface area (Å²) in [6.07, 6.45) is 3.20. The summed E-state index contributed by atoms with van der Waals surface area (Å²) in [7, 11) is -3.66. The van der Waals surface area contributed by atoms with Gasteiger partial charge in [-0.2, -0.15) is 0 Å². The lowest BCUT2D eigenvalue weighted by atomic mass is 10.0. The number of anilines is 1. The lowest BCUT2D eigenvalue weighted by Gasteiger charge is -2.28. The first-order valence-electron chi connectivity index (χ1n) is 6.40. The van der Waals surface area contributed by atoms with E-state index in [0.29, 0.717) is 24.1 Å². The molecule has 1 aliphatic carbocycles. The first-order valence-corrected chi connectivity index (χ1v) is 7.88. The smallest absolute Gasteiger partial charge is 0.241 e. The largest absolute Gasteiger partial charge is 0.399 e. The fourth-order valence-electron chi connectivity index (χ4n) is 2.59. The molecule has 0 atom stereocenters. The highest BCUT2D eigenvalue weighted by Gasteiger charge is 2.37. The molecule has 106 valence electrons. The molecular formula is C13H20N2O3S. The number of aliphatic hydroxyl groups is 1. The van der Waals surface area contributed by atoms with Gasteiger partial charge >= 0.3 is 0 Å². The van der Waals surface area contributed by atoms with Gasteiger partial charge < -0.3 is 10.8 Å². The van der Waals surface area contributed by atoms with E-state index in [4.69, 9.17) is 5.73 Å². The van der Waals surface area contributed by atoms with Crippen LogP contribution >= 0.6 is 0 Å². The molecule has 1 aromatic rings. The van der Waals surface area contributed by atoms with Crippen molar-refractivity contribution in [3.63, 3.8) is 0 Å². The Balaban J connectivity index is 2.34. The lowest BCUT2D eigenvalue weighted by Crippen LogP contribution is -2.49. The lowest BCUT2D eigenvalue weighted by molar-refractivity contribution is 0.185. The van der Waals surface area contributed by atoms with Gasteiger partial charge in [0.2, 0.25) is 10.0 Å². The van der Waals surface area contributed by atoms with E-state index in [1.165, 1.54) is 6.07 Å². The van der Waals surface area contributed by atoms with Crippen LogP contribution in [0, 0.1) is 6.92 Å². The molecule has 0 saturated heterocycles. The predicted molar refractivity (Wildman–Crippen MR) is 74.2 cm³/mol. The Labute approximate surface area is 113 Å². The first kappa shape index (κ1) is 14.3. The number of hydrogen-bond acceptors (Lipinski definition) is 4. The van der Waals surface area contributed by atoms with E-state index >= 15 is 0 Å². The van der Waals surface area contributed by atoms with Crippen LogP contribution in [0.3, 0.4) is 0 Å². The molecule has 19 heavy (non-hydrogen) atoms. The third kappa shape index (κ3) is 2.91. The van der Waals surface area contributed by atoms with Crippen LogP contribution in [-0.4, -0.2) is 25.7 Å². The molecule has 0 bridgehead atoms. The third-order valence-corrected chi connectivity index (χ3v) is 5.44. The Kier molecular flexibility index (Phi) is 3.85. The second-order valence-electron chi connectivity index (χ2n) is 5.28. The van der Waals surface area contributed by atoms with E-state index in [-0.39, 0.29) is 11.5 Å². The van der Waals surface area contributed by atoms with Gasteiger partial charge in [-0.05, 0) is 37.5 Å². The Hall–Kier alpha value is -1.11. The zero-order valence-electron chi connectivity index (χ0n) is 11.0.